The molecule has 132 valence electrons. The van der Waals surface area contributed by atoms with Gasteiger partial charge < -0.3 is 10.3 Å². The van der Waals surface area contributed by atoms with Gasteiger partial charge >= 0.3 is 0 Å². The molecule has 0 spiro atoms. The van der Waals surface area contributed by atoms with E-state index in [2.05, 4.69) is 11.6 Å². The average molecular weight is 368 g/mol. The lowest BCUT2D eigenvalue weighted by molar-refractivity contribution is -0.385. The van der Waals surface area contributed by atoms with E-state index in [4.69, 9.17) is 5.73 Å². The van der Waals surface area contributed by atoms with E-state index in [1.54, 1.807) is 12.1 Å². The molecule has 1 aromatic heterocycles. The summed E-state index contributed by atoms with van der Waals surface area (Å²) in [5, 5.41) is 12.1. The molecule has 0 aliphatic heterocycles. The van der Waals surface area contributed by atoms with Crippen LogP contribution in [0.1, 0.15) is 15.9 Å². The highest BCUT2D eigenvalue weighted by atomic mass is 32.2. The molecule has 3 aromatic rings. The van der Waals surface area contributed by atoms with Crippen LogP contribution in [0.2, 0.25) is 0 Å². The molecule has 0 radical (unpaired) electrons. The SMILES string of the molecule is C=CCn1c(SCc2ccc(C(N)=O)cc2[N+](=O)[O-])nc2ccccc21. The van der Waals surface area contributed by atoms with Gasteiger partial charge in [0.05, 0.1) is 16.0 Å². The number of nitro benzene ring substituents is 1. The molecule has 0 aliphatic rings. The fourth-order valence-electron chi connectivity index (χ4n) is 2.62. The zero-order valence-corrected chi connectivity index (χ0v) is 14.6. The molecule has 1 amide bonds. The lowest BCUT2D eigenvalue weighted by Crippen LogP contribution is -2.11. The minimum atomic E-state index is -0.694. The fraction of sp³-hybridized carbons (Fsp3) is 0.111. The van der Waals surface area contributed by atoms with Gasteiger partial charge in [0.1, 0.15) is 0 Å². The van der Waals surface area contributed by atoms with E-state index in [0.29, 0.717) is 17.9 Å². The van der Waals surface area contributed by atoms with Gasteiger partial charge in [-0.2, -0.15) is 0 Å². The third-order valence-electron chi connectivity index (χ3n) is 3.85. The summed E-state index contributed by atoms with van der Waals surface area (Å²) in [5.41, 5.74) is 7.53. The number of benzene rings is 2. The predicted molar refractivity (Wildman–Crippen MR) is 101 cm³/mol. The Morgan fingerprint density at radius 1 is 1.35 bits per heavy atom. The smallest absolute Gasteiger partial charge is 0.274 e. The van der Waals surface area contributed by atoms with Crippen molar-refractivity contribution < 1.29 is 9.72 Å². The topological polar surface area (TPSA) is 104 Å². The van der Waals surface area contributed by atoms with Crippen LogP contribution >= 0.6 is 11.8 Å². The number of imidazole rings is 1. The second kappa shape index (κ2) is 7.40. The number of rotatable bonds is 7. The summed E-state index contributed by atoms with van der Waals surface area (Å²) in [7, 11) is 0. The van der Waals surface area contributed by atoms with Crippen LogP contribution in [-0.4, -0.2) is 20.4 Å². The Balaban J connectivity index is 1.93. The van der Waals surface area contributed by atoms with Crippen LogP contribution in [0.15, 0.2) is 60.3 Å². The highest BCUT2D eigenvalue weighted by Crippen LogP contribution is 2.30. The van der Waals surface area contributed by atoms with Crippen LogP contribution in [0.5, 0.6) is 0 Å². The maximum Gasteiger partial charge on any atom is 0.274 e. The van der Waals surface area contributed by atoms with Crippen molar-refractivity contribution in [2.75, 3.05) is 0 Å². The average Bonchev–Trinajstić information content (AvgIpc) is 2.98. The number of hydrogen-bond acceptors (Lipinski definition) is 5. The predicted octanol–water partition coefficient (Wildman–Crippen LogP) is 3.52. The lowest BCUT2D eigenvalue weighted by atomic mass is 10.1. The fourth-order valence-corrected chi connectivity index (χ4v) is 3.64. The third-order valence-corrected chi connectivity index (χ3v) is 4.88. The number of carbonyl (C=O) groups is 1. The molecule has 2 N–H and O–H groups in total. The Labute approximate surface area is 153 Å². The summed E-state index contributed by atoms with van der Waals surface area (Å²) in [6.45, 7) is 4.36. The summed E-state index contributed by atoms with van der Waals surface area (Å²) in [6.07, 6.45) is 1.78. The summed E-state index contributed by atoms with van der Waals surface area (Å²) in [6, 6.07) is 12.0. The Bertz CT molecular complexity index is 1010. The molecule has 8 heteroatoms. The Kier molecular flexibility index (Phi) is 5.04. The number of thioether (sulfide) groups is 1. The van der Waals surface area contributed by atoms with E-state index in [-0.39, 0.29) is 11.3 Å². The van der Waals surface area contributed by atoms with Crippen molar-refractivity contribution in [3.8, 4) is 0 Å². The molecule has 0 saturated carbocycles. The Morgan fingerprint density at radius 2 is 2.12 bits per heavy atom. The highest BCUT2D eigenvalue weighted by molar-refractivity contribution is 7.98. The van der Waals surface area contributed by atoms with Crippen LogP contribution in [0.4, 0.5) is 5.69 Å². The van der Waals surface area contributed by atoms with E-state index in [1.807, 2.05) is 28.8 Å². The van der Waals surface area contributed by atoms with Crippen LogP contribution in [-0.2, 0) is 12.3 Å². The van der Waals surface area contributed by atoms with Crippen LogP contribution in [0, 0.1) is 10.1 Å². The maximum absolute atomic E-state index is 11.3. The molecule has 0 saturated heterocycles. The molecule has 2 aromatic carbocycles. The third kappa shape index (κ3) is 3.45. The number of hydrogen-bond donors (Lipinski definition) is 1. The summed E-state index contributed by atoms with van der Waals surface area (Å²) in [4.78, 5) is 26.7. The quantitative estimate of drug-likeness (QED) is 0.297. The summed E-state index contributed by atoms with van der Waals surface area (Å²) < 4.78 is 2.01. The van der Waals surface area contributed by atoms with Gasteiger partial charge in [-0.3, -0.25) is 14.9 Å². The summed E-state index contributed by atoms with van der Waals surface area (Å²) >= 11 is 1.40. The molecular formula is C18H16N4O3S. The van der Waals surface area contributed by atoms with Gasteiger partial charge in [-0.05, 0) is 18.2 Å². The number of amides is 1. The van der Waals surface area contributed by atoms with E-state index >= 15 is 0 Å². The van der Waals surface area contributed by atoms with Crippen molar-refractivity contribution in [2.24, 2.45) is 5.73 Å². The first-order chi connectivity index (χ1) is 12.5. The van der Waals surface area contributed by atoms with Gasteiger partial charge in [0, 0.05) is 29.5 Å². The van der Waals surface area contributed by atoms with Crippen LogP contribution in [0.3, 0.4) is 0 Å². The molecule has 0 bridgehead atoms. The second-order valence-corrected chi connectivity index (χ2v) is 6.48. The Morgan fingerprint density at radius 3 is 2.81 bits per heavy atom. The number of nitrogens with zero attached hydrogens (tertiary/aromatic N) is 3. The molecule has 26 heavy (non-hydrogen) atoms. The van der Waals surface area contributed by atoms with E-state index in [1.165, 1.54) is 23.9 Å². The first-order valence-electron chi connectivity index (χ1n) is 7.77. The number of allylic oxidation sites excluding steroid dienone is 1. The van der Waals surface area contributed by atoms with Gasteiger partial charge in [-0.25, -0.2) is 4.98 Å². The molecule has 0 atom stereocenters. The minimum absolute atomic E-state index is 0.115. The van der Waals surface area contributed by atoms with Crippen molar-refractivity contribution in [1.29, 1.82) is 0 Å². The van der Waals surface area contributed by atoms with Crippen molar-refractivity contribution in [3.05, 3.63) is 76.4 Å². The molecule has 7 nitrogen and oxygen atoms in total. The number of carbonyl (C=O) groups excluding carboxylic acids is 1. The van der Waals surface area contributed by atoms with Gasteiger partial charge in [-0.1, -0.05) is 36.0 Å². The van der Waals surface area contributed by atoms with Crippen molar-refractivity contribution in [3.63, 3.8) is 0 Å². The lowest BCUT2D eigenvalue weighted by Gasteiger charge is -2.07. The van der Waals surface area contributed by atoms with E-state index in [0.717, 1.165) is 16.2 Å². The Hall–Kier alpha value is -3.13. The van der Waals surface area contributed by atoms with Gasteiger partial charge in [0.15, 0.2) is 5.16 Å². The number of primary amides is 1. The molecule has 1 heterocycles. The van der Waals surface area contributed by atoms with Gasteiger partial charge in [-0.15, -0.1) is 6.58 Å². The number of para-hydroxylation sites is 2. The largest absolute Gasteiger partial charge is 0.366 e. The molecule has 0 fully saturated rings. The van der Waals surface area contributed by atoms with Crippen molar-refractivity contribution >= 4 is 34.4 Å². The zero-order chi connectivity index (χ0) is 18.7. The summed E-state index contributed by atoms with van der Waals surface area (Å²) in [5.74, 6) is -0.351. The zero-order valence-electron chi connectivity index (χ0n) is 13.8. The molecular weight excluding hydrogens is 352 g/mol. The van der Waals surface area contributed by atoms with Crippen molar-refractivity contribution in [2.45, 2.75) is 17.5 Å². The van der Waals surface area contributed by atoms with E-state index < -0.39 is 10.8 Å². The number of aromatic nitrogens is 2. The minimum Gasteiger partial charge on any atom is -0.366 e. The standard InChI is InChI=1S/C18H16N4O3S/c1-2-9-21-15-6-4-3-5-14(15)20-18(21)26-11-13-8-7-12(17(19)23)10-16(13)22(24)25/h2-8,10H,1,9,11H2,(H2,19,23). The molecule has 0 unspecified atom stereocenters. The van der Waals surface area contributed by atoms with Crippen LogP contribution < -0.4 is 5.73 Å². The number of fused-ring (bicyclic) bond motifs is 1. The number of nitro groups is 1. The van der Waals surface area contributed by atoms with Crippen LogP contribution in [0.25, 0.3) is 11.0 Å². The second-order valence-electron chi connectivity index (χ2n) is 5.54. The first kappa shape index (κ1) is 17.7. The molecule has 0 aliphatic carbocycles. The van der Waals surface area contributed by atoms with Gasteiger partial charge in [0.2, 0.25) is 5.91 Å². The number of nitrogens with two attached hydrogens (primary N) is 1. The van der Waals surface area contributed by atoms with Gasteiger partial charge in [0.25, 0.3) is 5.69 Å². The highest BCUT2D eigenvalue weighted by Gasteiger charge is 2.18. The molecule has 3 rings (SSSR count). The maximum atomic E-state index is 11.3. The van der Waals surface area contributed by atoms with Crippen molar-refractivity contribution in [1.82, 2.24) is 9.55 Å². The monoisotopic (exact) mass is 368 g/mol. The first-order valence-corrected chi connectivity index (χ1v) is 8.76. The van der Waals surface area contributed by atoms with E-state index in [9.17, 15) is 14.9 Å². The normalized spacial score (nSPS) is 10.8.